The van der Waals surface area contributed by atoms with Crippen molar-refractivity contribution in [3.05, 3.63) is 35.6 Å². The Morgan fingerprint density at radius 3 is 3.16 bits per heavy atom. The largest absolute Gasteiger partial charge is 0.464 e. The average Bonchev–Trinajstić information content (AvgIpc) is 3.03. The summed E-state index contributed by atoms with van der Waals surface area (Å²) in [5.74, 6) is 0.688. The second-order valence-corrected chi connectivity index (χ2v) is 5.20. The van der Waals surface area contributed by atoms with Crippen molar-refractivity contribution in [2.45, 2.75) is 38.5 Å². The van der Waals surface area contributed by atoms with Gasteiger partial charge in [-0.15, -0.1) is 0 Å². The maximum atomic E-state index is 11.3. The van der Waals surface area contributed by atoms with Gasteiger partial charge < -0.3 is 9.73 Å². The summed E-state index contributed by atoms with van der Waals surface area (Å²) in [6.07, 6.45) is 5.67. The number of furan rings is 1. The van der Waals surface area contributed by atoms with E-state index in [-0.39, 0.29) is 5.91 Å². The topological polar surface area (TPSA) is 42.2 Å². The monoisotopic (exact) mass is 257 g/mol. The van der Waals surface area contributed by atoms with E-state index >= 15 is 0 Å². The van der Waals surface area contributed by atoms with Crippen LogP contribution in [0, 0.1) is 0 Å². The lowest BCUT2D eigenvalue weighted by Gasteiger charge is -2.13. The van der Waals surface area contributed by atoms with Crippen LogP contribution in [0.4, 0.5) is 0 Å². The number of amides is 1. The molecule has 3 rings (SSSR count). The van der Waals surface area contributed by atoms with Gasteiger partial charge in [0.2, 0.25) is 5.91 Å². The summed E-state index contributed by atoms with van der Waals surface area (Å²) < 4.78 is 5.48. The number of fused-ring (bicyclic) bond motifs is 3. The van der Waals surface area contributed by atoms with E-state index in [1.165, 1.54) is 22.9 Å². The number of carbonyl (C=O) groups is 1. The molecule has 0 aliphatic heterocycles. The molecule has 0 saturated heterocycles. The third-order valence-corrected chi connectivity index (χ3v) is 4.07. The van der Waals surface area contributed by atoms with Gasteiger partial charge in [-0.1, -0.05) is 13.0 Å². The zero-order chi connectivity index (χ0) is 13.2. The molecule has 1 heterocycles. The minimum Gasteiger partial charge on any atom is -0.464 e. The molecule has 100 valence electrons. The summed E-state index contributed by atoms with van der Waals surface area (Å²) in [6, 6.07) is 6.32. The smallest absolute Gasteiger partial charge is 0.219 e. The maximum Gasteiger partial charge on any atom is 0.219 e. The second kappa shape index (κ2) is 5.08. The van der Waals surface area contributed by atoms with Gasteiger partial charge in [-0.05, 0) is 48.4 Å². The van der Waals surface area contributed by atoms with Crippen molar-refractivity contribution >= 4 is 16.9 Å². The number of benzene rings is 1. The highest BCUT2D eigenvalue weighted by atomic mass is 16.3. The highest BCUT2D eigenvalue weighted by Gasteiger charge is 2.25. The van der Waals surface area contributed by atoms with Crippen LogP contribution in [0.3, 0.4) is 0 Å². The summed E-state index contributed by atoms with van der Waals surface area (Å²) in [6.45, 7) is 2.65. The molecule has 1 aromatic heterocycles. The van der Waals surface area contributed by atoms with Gasteiger partial charge in [-0.3, -0.25) is 4.79 Å². The summed E-state index contributed by atoms with van der Waals surface area (Å²) in [5.41, 5.74) is 3.86. The van der Waals surface area contributed by atoms with Crippen LogP contribution in [-0.2, 0) is 11.2 Å². The highest BCUT2D eigenvalue weighted by Crippen LogP contribution is 2.40. The van der Waals surface area contributed by atoms with E-state index in [0.29, 0.717) is 12.3 Å². The van der Waals surface area contributed by atoms with E-state index in [1.807, 2.05) is 6.92 Å². The van der Waals surface area contributed by atoms with Crippen LogP contribution < -0.4 is 5.32 Å². The van der Waals surface area contributed by atoms with Gasteiger partial charge >= 0.3 is 0 Å². The molecule has 3 nitrogen and oxygen atoms in total. The van der Waals surface area contributed by atoms with Crippen molar-refractivity contribution < 1.29 is 9.21 Å². The predicted molar refractivity (Wildman–Crippen MR) is 75.2 cm³/mol. The number of nitrogens with one attached hydrogen (secondary N) is 1. The molecule has 0 fully saturated rings. The molecular formula is C16H19NO2. The number of hydrogen-bond donors (Lipinski definition) is 1. The van der Waals surface area contributed by atoms with E-state index in [9.17, 15) is 4.79 Å². The summed E-state index contributed by atoms with van der Waals surface area (Å²) >= 11 is 0. The van der Waals surface area contributed by atoms with Gasteiger partial charge in [0, 0.05) is 18.4 Å². The lowest BCUT2D eigenvalue weighted by atomic mass is 9.95. The molecule has 0 spiro atoms. The minimum absolute atomic E-state index is 0.139. The second-order valence-electron chi connectivity index (χ2n) is 5.20. The van der Waals surface area contributed by atoms with Gasteiger partial charge in [0.25, 0.3) is 0 Å². The number of aryl methyl sites for hydroxylation is 1. The number of rotatable bonds is 4. The molecule has 0 radical (unpaired) electrons. The zero-order valence-corrected chi connectivity index (χ0v) is 11.2. The molecular weight excluding hydrogens is 238 g/mol. The molecule has 1 N–H and O–H groups in total. The molecule has 1 aliphatic rings. The molecule has 19 heavy (non-hydrogen) atoms. The molecule has 0 saturated carbocycles. The zero-order valence-electron chi connectivity index (χ0n) is 11.2. The van der Waals surface area contributed by atoms with Crippen LogP contribution in [-0.4, -0.2) is 12.5 Å². The fraction of sp³-hybridized carbons (Fsp3) is 0.438. The molecule has 0 bridgehead atoms. The number of hydrogen-bond acceptors (Lipinski definition) is 2. The van der Waals surface area contributed by atoms with Crippen LogP contribution in [0.2, 0.25) is 0 Å². The SMILES string of the molecule is CCC(=O)NCC[C@H]1CCc2ccc3occc3c21. The average molecular weight is 257 g/mol. The maximum absolute atomic E-state index is 11.3. The molecule has 1 amide bonds. The van der Waals surface area contributed by atoms with Crippen molar-refractivity contribution in [3.63, 3.8) is 0 Å². The van der Waals surface area contributed by atoms with E-state index < -0.39 is 0 Å². The lowest BCUT2D eigenvalue weighted by molar-refractivity contribution is -0.120. The first-order valence-corrected chi connectivity index (χ1v) is 7.05. The van der Waals surface area contributed by atoms with Crippen molar-refractivity contribution in [1.82, 2.24) is 5.32 Å². The molecule has 0 unspecified atom stereocenters. The summed E-state index contributed by atoms with van der Waals surface area (Å²) in [5, 5.41) is 4.22. The van der Waals surface area contributed by atoms with Crippen molar-refractivity contribution in [2.75, 3.05) is 6.54 Å². The fourth-order valence-electron chi connectivity index (χ4n) is 3.09. The first kappa shape index (κ1) is 12.3. The van der Waals surface area contributed by atoms with Crippen LogP contribution in [0.1, 0.15) is 43.2 Å². The highest BCUT2D eigenvalue weighted by molar-refractivity contribution is 5.83. The molecule has 3 heteroatoms. The van der Waals surface area contributed by atoms with Crippen molar-refractivity contribution in [2.24, 2.45) is 0 Å². The molecule has 1 aromatic carbocycles. The third-order valence-electron chi connectivity index (χ3n) is 4.07. The van der Waals surface area contributed by atoms with Gasteiger partial charge in [0.15, 0.2) is 0 Å². The fourth-order valence-corrected chi connectivity index (χ4v) is 3.09. The van der Waals surface area contributed by atoms with Gasteiger partial charge in [0.1, 0.15) is 5.58 Å². The third kappa shape index (κ3) is 2.25. The standard InChI is InChI=1S/C16H19NO2/c1-2-15(18)17-9-7-12-4-3-11-5-6-14-13(16(11)12)8-10-19-14/h5-6,8,10,12H,2-4,7,9H2,1H3,(H,17,18)/t12-/m1/s1. The first-order chi connectivity index (χ1) is 9.29. The Balaban J connectivity index is 1.77. The quantitative estimate of drug-likeness (QED) is 0.912. The van der Waals surface area contributed by atoms with Crippen LogP contribution in [0.15, 0.2) is 28.9 Å². The Kier molecular flexibility index (Phi) is 3.28. The van der Waals surface area contributed by atoms with Crippen LogP contribution in [0.5, 0.6) is 0 Å². The van der Waals surface area contributed by atoms with E-state index in [4.69, 9.17) is 4.42 Å². The molecule has 1 atom stereocenters. The molecule has 1 aliphatic carbocycles. The Hall–Kier alpha value is -1.77. The predicted octanol–water partition coefficient (Wildman–Crippen LogP) is 3.38. The Labute approximate surface area is 113 Å². The number of carbonyl (C=O) groups excluding carboxylic acids is 1. The summed E-state index contributed by atoms with van der Waals surface area (Å²) in [4.78, 5) is 11.3. The normalized spacial score (nSPS) is 17.6. The molecule has 2 aromatic rings. The van der Waals surface area contributed by atoms with E-state index in [0.717, 1.165) is 25.0 Å². The summed E-state index contributed by atoms with van der Waals surface area (Å²) in [7, 11) is 0. The van der Waals surface area contributed by atoms with E-state index in [1.54, 1.807) is 6.26 Å². The van der Waals surface area contributed by atoms with Crippen LogP contribution >= 0.6 is 0 Å². The Bertz CT molecular complexity index is 600. The van der Waals surface area contributed by atoms with Crippen molar-refractivity contribution in [3.8, 4) is 0 Å². The lowest BCUT2D eigenvalue weighted by Crippen LogP contribution is -2.24. The Morgan fingerprint density at radius 2 is 2.32 bits per heavy atom. The van der Waals surface area contributed by atoms with Crippen molar-refractivity contribution in [1.29, 1.82) is 0 Å². The van der Waals surface area contributed by atoms with Gasteiger partial charge in [0.05, 0.1) is 6.26 Å². The minimum atomic E-state index is 0.139. The van der Waals surface area contributed by atoms with Gasteiger partial charge in [-0.2, -0.15) is 0 Å². The van der Waals surface area contributed by atoms with Gasteiger partial charge in [-0.25, -0.2) is 0 Å². The van der Waals surface area contributed by atoms with Crippen LogP contribution in [0.25, 0.3) is 11.0 Å². The van der Waals surface area contributed by atoms with E-state index in [2.05, 4.69) is 23.5 Å². The Morgan fingerprint density at radius 1 is 1.42 bits per heavy atom. The first-order valence-electron chi connectivity index (χ1n) is 7.05.